The van der Waals surface area contributed by atoms with Crippen LogP contribution in [0.3, 0.4) is 0 Å². The van der Waals surface area contributed by atoms with Crippen LogP contribution in [0.25, 0.3) is 5.65 Å². The molecule has 5 nitrogen and oxygen atoms in total. The van der Waals surface area contributed by atoms with Crippen LogP contribution in [0.5, 0.6) is 5.75 Å². The summed E-state index contributed by atoms with van der Waals surface area (Å²) in [6.45, 7) is 3.85. The molecular weight excluding hydrogens is 309 g/mol. The van der Waals surface area contributed by atoms with Crippen LogP contribution in [0.1, 0.15) is 21.6 Å². The summed E-state index contributed by atoms with van der Waals surface area (Å²) >= 11 is 0. The second-order valence-electron chi connectivity index (χ2n) is 5.69. The maximum atomic E-state index is 13.6. The Morgan fingerprint density at radius 3 is 2.75 bits per heavy atom. The summed E-state index contributed by atoms with van der Waals surface area (Å²) < 4.78 is 20.4. The van der Waals surface area contributed by atoms with Gasteiger partial charge in [0.05, 0.1) is 12.7 Å². The number of nitrogens with zero attached hydrogens (tertiary/aromatic N) is 3. The van der Waals surface area contributed by atoms with Gasteiger partial charge < -0.3 is 14.0 Å². The molecule has 0 unspecified atom stereocenters. The fourth-order valence-electron chi connectivity index (χ4n) is 2.66. The van der Waals surface area contributed by atoms with Gasteiger partial charge in [-0.1, -0.05) is 0 Å². The summed E-state index contributed by atoms with van der Waals surface area (Å²) in [6.07, 6.45) is 3.54. The van der Waals surface area contributed by atoms with Crippen molar-refractivity contribution in [3.8, 4) is 5.75 Å². The van der Waals surface area contributed by atoms with Gasteiger partial charge in [0.15, 0.2) is 11.6 Å². The molecule has 1 aromatic carbocycles. The Morgan fingerprint density at radius 2 is 2.04 bits per heavy atom. The van der Waals surface area contributed by atoms with Gasteiger partial charge in [0.2, 0.25) is 0 Å². The fraction of sp³-hybridized carbons (Fsp3) is 0.222. The van der Waals surface area contributed by atoms with Crippen LogP contribution in [-0.2, 0) is 0 Å². The number of methoxy groups -OCH3 is 1. The zero-order valence-corrected chi connectivity index (χ0v) is 14.0. The number of amides is 1. The number of carbonyl (C=O) groups is 1. The van der Waals surface area contributed by atoms with Crippen molar-refractivity contribution in [2.75, 3.05) is 19.1 Å². The number of rotatable bonds is 3. The summed E-state index contributed by atoms with van der Waals surface area (Å²) in [5, 5.41) is 0. The monoisotopic (exact) mass is 327 g/mol. The summed E-state index contributed by atoms with van der Waals surface area (Å²) in [7, 11) is 3.04. The minimum absolute atomic E-state index is 0.101. The molecule has 0 atom stereocenters. The molecule has 0 N–H and O–H groups in total. The molecule has 6 heteroatoms. The number of pyridine rings is 1. The first-order chi connectivity index (χ1) is 11.4. The molecule has 0 aliphatic carbocycles. The molecular formula is C18H18FN3O2. The first-order valence-corrected chi connectivity index (χ1v) is 7.48. The summed E-state index contributed by atoms with van der Waals surface area (Å²) in [6, 6.07) is 6.14. The van der Waals surface area contributed by atoms with Crippen molar-refractivity contribution < 1.29 is 13.9 Å². The van der Waals surface area contributed by atoms with E-state index in [1.165, 1.54) is 24.1 Å². The highest BCUT2D eigenvalue weighted by molar-refractivity contribution is 6.06. The lowest BCUT2D eigenvalue weighted by Crippen LogP contribution is -2.26. The molecule has 24 heavy (non-hydrogen) atoms. The van der Waals surface area contributed by atoms with Crippen LogP contribution in [0, 0.1) is 19.7 Å². The number of hydrogen-bond donors (Lipinski definition) is 0. The van der Waals surface area contributed by atoms with Gasteiger partial charge in [-0.05, 0) is 37.6 Å². The van der Waals surface area contributed by atoms with E-state index in [1.54, 1.807) is 31.6 Å². The van der Waals surface area contributed by atoms with Gasteiger partial charge in [-0.2, -0.15) is 0 Å². The second kappa shape index (κ2) is 5.96. The average molecular weight is 327 g/mol. The van der Waals surface area contributed by atoms with E-state index in [-0.39, 0.29) is 11.7 Å². The maximum Gasteiger partial charge on any atom is 0.259 e. The number of carbonyl (C=O) groups excluding carboxylic acids is 1. The highest BCUT2D eigenvalue weighted by Gasteiger charge is 2.17. The lowest BCUT2D eigenvalue weighted by Gasteiger charge is -2.19. The highest BCUT2D eigenvalue weighted by atomic mass is 19.1. The van der Waals surface area contributed by atoms with Gasteiger partial charge in [-0.15, -0.1) is 0 Å². The van der Waals surface area contributed by atoms with Crippen molar-refractivity contribution in [2.24, 2.45) is 0 Å². The molecule has 1 amide bonds. The van der Waals surface area contributed by atoms with Gasteiger partial charge in [-0.3, -0.25) is 4.79 Å². The number of benzene rings is 1. The summed E-state index contributed by atoms with van der Waals surface area (Å²) in [5.41, 5.74) is 3.79. The highest BCUT2D eigenvalue weighted by Crippen LogP contribution is 2.25. The third kappa shape index (κ3) is 2.60. The van der Waals surface area contributed by atoms with Gasteiger partial charge in [0.25, 0.3) is 5.91 Å². The van der Waals surface area contributed by atoms with E-state index in [1.807, 2.05) is 18.2 Å². The predicted molar refractivity (Wildman–Crippen MR) is 90.4 cm³/mol. The van der Waals surface area contributed by atoms with Crippen molar-refractivity contribution in [1.82, 2.24) is 9.38 Å². The third-order valence-corrected chi connectivity index (χ3v) is 4.05. The van der Waals surface area contributed by atoms with E-state index < -0.39 is 5.82 Å². The van der Waals surface area contributed by atoms with Crippen LogP contribution in [-0.4, -0.2) is 29.4 Å². The van der Waals surface area contributed by atoms with E-state index in [0.29, 0.717) is 11.3 Å². The Labute approximate surface area is 139 Å². The molecule has 0 spiro atoms. The number of ether oxygens (including phenoxy) is 1. The molecule has 0 saturated carbocycles. The van der Waals surface area contributed by atoms with Gasteiger partial charge in [0.1, 0.15) is 5.65 Å². The topological polar surface area (TPSA) is 46.8 Å². The smallest absolute Gasteiger partial charge is 0.259 e. The molecule has 0 aliphatic heterocycles. The summed E-state index contributed by atoms with van der Waals surface area (Å²) in [4.78, 5) is 18.6. The van der Waals surface area contributed by atoms with Crippen LogP contribution < -0.4 is 9.64 Å². The molecule has 2 heterocycles. The zero-order valence-electron chi connectivity index (χ0n) is 14.0. The van der Waals surface area contributed by atoms with Crippen molar-refractivity contribution in [3.63, 3.8) is 0 Å². The number of aryl methyl sites for hydroxylation is 2. The number of anilines is 1. The van der Waals surface area contributed by atoms with Crippen molar-refractivity contribution in [3.05, 3.63) is 59.3 Å². The number of aromatic nitrogens is 2. The Morgan fingerprint density at radius 1 is 1.29 bits per heavy atom. The van der Waals surface area contributed by atoms with E-state index >= 15 is 0 Å². The molecule has 0 aliphatic rings. The number of imidazole rings is 1. The van der Waals surface area contributed by atoms with E-state index in [2.05, 4.69) is 4.98 Å². The molecule has 0 radical (unpaired) electrons. The van der Waals surface area contributed by atoms with Crippen LogP contribution in [0.15, 0.2) is 36.7 Å². The number of halogens is 1. The largest absolute Gasteiger partial charge is 0.494 e. The van der Waals surface area contributed by atoms with Crippen LogP contribution in [0.2, 0.25) is 0 Å². The normalized spacial score (nSPS) is 10.9. The third-order valence-electron chi connectivity index (χ3n) is 4.05. The maximum absolute atomic E-state index is 13.6. The molecule has 124 valence electrons. The molecule has 3 rings (SSSR count). The molecule has 0 saturated heterocycles. The minimum Gasteiger partial charge on any atom is -0.494 e. The first-order valence-electron chi connectivity index (χ1n) is 7.48. The first kappa shape index (κ1) is 16.0. The van der Waals surface area contributed by atoms with E-state index in [0.717, 1.165) is 16.9 Å². The van der Waals surface area contributed by atoms with Crippen molar-refractivity contribution in [2.45, 2.75) is 13.8 Å². The SMILES string of the molecule is COc1cc(N(C)C(=O)c2cc(C)c3ncc(C)n3c2)ccc1F. The summed E-state index contributed by atoms with van der Waals surface area (Å²) in [5.74, 6) is -0.556. The Hall–Kier alpha value is -2.89. The van der Waals surface area contributed by atoms with Gasteiger partial charge in [-0.25, -0.2) is 9.37 Å². The molecule has 2 aromatic heterocycles. The zero-order chi connectivity index (χ0) is 17.4. The van der Waals surface area contributed by atoms with Crippen LogP contribution >= 0.6 is 0 Å². The van der Waals surface area contributed by atoms with Crippen LogP contribution in [0.4, 0.5) is 10.1 Å². The van der Waals surface area contributed by atoms with Gasteiger partial charge in [0, 0.05) is 36.9 Å². The number of hydrogen-bond acceptors (Lipinski definition) is 3. The number of fused-ring (bicyclic) bond motifs is 1. The standard InChI is InChI=1S/C18H18FN3O2/c1-11-7-13(10-22-12(2)9-20-17(11)22)18(23)21(3)14-5-6-15(19)16(8-14)24-4/h5-10H,1-4H3. The molecule has 0 fully saturated rings. The average Bonchev–Trinajstić information content (AvgIpc) is 2.96. The minimum atomic E-state index is -0.464. The lowest BCUT2D eigenvalue weighted by molar-refractivity contribution is 0.0992. The van der Waals surface area contributed by atoms with E-state index in [9.17, 15) is 9.18 Å². The Kier molecular flexibility index (Phi) is 3.97. The quantitative estimate of drug-likeness (QED) is 0.741. The Bertz CT molecular complexity index is 933. The molecule has 0 bridgehead atoms. The van der Waals surface area contributed by atoms with Crippen molar-refractivity contribution in [1.29, 1.82) is 0 Å². The fourth-order valence-corrected chi connectivity index (χ4v) is 2.66. The Balaban J connectivity index is 2.00. The van der Waals surface area contributed by atoms with E-state index in [4.69, 9.17) is 4.74 Å². The molecule has 3 aromatic rings. The second-order valence-corrected chi connectivity index (χ2v) is 5.69. The van der Waals surface area contributed by atoms with Crippen molar-refractivity contribution >= 4 is 17.2 Å². The predicted octanol–water partition coefficient (Wildman–Crippen LogP) is 3.38. The lowest BCUT2D eigenvalue weighted by atomic mass is 10.1. The van der Waals surface area contributed by atoms with Gasteiger partial charge >= 0.3 is 0 Å².